The van der Waals surface area contributed by atoms with Gasteiger partial charge in [-0.25, -0.2) is 4.98 Å². The SMILES string of the molecule is N#Cc1cnc(NCc2ccccn2)c(N)c1. The molecule has 3 N–H and O–H groups in total. The minimum Gasteiger partial charge on any atom is -0.396 e. The van der Waals surface area contributed by atoms with E-state index in [-0.39, 0.29) is 0 Å². The standard InChI is InChI=1S/C12H11N5/c13-6-9-5-11(14)12(16-7-9)17-8-10-3-1-2-4-15-10/h1-5,7H,8,14H2,(H,16,17). The molecule has 0 saturated carbocycles. The van der Waals surface area contributed by atoms with Gasteiger partial charge in [0.25, 0.3) is 0 Å². The second-order valence-corrected chi connectivity index (χ2v) is 3.45. The summed E-state index contributed by atoms with van der Waals surface area (Å²) < 4.78 is 0. The highest BCUT2D eigenvalue weighted by Crippen LogP contribution is 2.16. The zero-order chi connectivity index (χ0) is 12.1. The third-order valence-electron chi connectivity index (χ3n) is 2.21. The lowest BCUT2D eigenvalue weighted by atomic mass is 10.2. The van der Waals surface area contributed by atoms with Crippen molar-refractivity contribution >= 4 is 11.5 Å². The molecule has 2 rings (SSSR count). The molecule has 84 valence electrons. The van der Waals surface area contributed by atoms with Crippen molar-refractivity contribution in [3.8, 4) is 6.07 Å². The highest BCUT2D eigenvalue weighted by atomic mass is 15.0. The second kappa shape index (κ2) is 4.94. The Bertz CT molecular complexity index is 545. The van der Waals surface area contributed by atoms with Crippen LogP contribution in [-0.2, 0) is 6.54 Å². The van der Waals surface area contributed by atoms with E-state index in [4.69, 9.17) is 11.0 Å². The number of nitrogens with one attached hydrogen (secondary N) is 1. The Morgan fingerprint density at radius 3 is 2.88 bits per heavy atom. The number of rotatable bonds is 3. The van der Waals surface area contributed by atoms with E-state index in [1.54, 1.807) is 12.3 Å². The number of hydrogen-bond donors (Lipinski definition) is 2. The first-order valence-corrected chi connectivity index (χ1v) is 5.09. The third kappa shape index (κ3) is 2.69. The fourth-order valence-corrected chi connectivity index (χ4v) is 1.37. The zero-order valence-corrected chi connectivity index (χ0v) is 9.09. The molecule has 17 heavy (non-hydrogen) atoms. The van der Waals surface area contributed by atoms with Crippen molar-refractivity contribution in [2.75, 3.05) is 11.1 Å². The van der Waals surface area contributed by atoms with Crippen LogP contribution in [0.4, 0.5) is 11.5 Å². The van der Waals surface area contributed by atoms with Crippen LogP contribution in [0.5, 0.6) is 0 Å². The molecule has 5 nitrogen and oxygen atoms in total. The van der Waals surface area contributed by atoms with Crippen LogP contribution in [0.3, 0.4) is 0 Å². The first-order valence-electron chi connectivity index (χ1n) is 5.09. The number of aromatic nitrogens is 2. The molecule has 0 amide bonds. The Morgan fingerprint density at radius 2 is 2.24 bits per heavy atom. The van der Waals surface area contributed by atoms with E-state index >= 15 is 0 Å². The summed E-state index contributed by atoms with van der Waals surface area (Å²) in [6.45, 7) is 0.546. The largest absolute Gasteiger partial charge is 0.396 e. The van der Waals surface area contributed by atoms with Crippen LogP contribution in [-0.4, -0.2) is 9.97 Å². The lowest BCUT2D eigenvalue weighted by Crippen LogP contribution is -2.05. The molecule has 2 aromatic heterocycles. The number of nitrogens with zero attached hydrogens (tertiary/aromatic N) is 3. The van der Waals surface area contributed by atoms with Crippen molar-refractivity contribution in [3.05, 3.63) is 47.9 Å². The van der Waals surface area contributed by atoms with E-state index in [1.165, 1.54) is 6.20 Å². The highest BCUT2D eigenvalue weighted by molar-refractivity contribution is 5.63. The lowest BCUT2D eigenvalue weighted by Gasteiger charge is -2.07. The number of anilines is 2. The average molecular weight is 225 g/mol. The molecular weight excluding hydrogens is 214 g/mol. The Balaban J connectivity index is 2.08. The smallest absolute Gasteiger partial charge is 0.149 e. The molecule has 0 spiro atoms. The minimum absolute atomic E-state index is 0.450. The fraction of sp³-hybridized carbons (Fsp3) is 0.0833. The molecule has 0 unspecified atom stereocenters. The van der Waals surface area contributed by atoms with E-state index in [9.17, 15) is 0 Å². The summed E-state index contributed by atoms with van der Waals surface area (Å²) in [5, 5.41) is 11.8. The summed E-state index contributed by atoms with van der Waals surface area (Å²) in [6, 6.07) is 9.26. The molecule has 0 fully saturated rings. The van der Waals surface area contributed by atoms with Crippen molar-refractivity contribution in [3.63, 3.8) is 0 Å². The van der Waals surface area contributed by atoms with Gasteiger partial charge in [-0.3, -0.25) is 4.98 Å². The van der Waals surface area contributed by atoms with Crippen molar-refractivity contribution in [1.29, 1.82) is 5.26 Å². The van der Waals surface area contributed by atoms with E-state index in [0.29, 0.717) is 23.6 Å². The van der Waals surface area contributed by atoms with Crippen LogP contribution >= 0.6 is 0 Å². The maximum absolute atomic E-state index is 8.68. The lowest BCUT2D eigenvalue weighted by molar-refractivity contribution is 1.03. The number of hydrogen-bond acceptors (Lipinski definition) is 5. The Hall–Kier alpha value is -2.61. The van der Waals surface area contributed by atoms with E-state index in [0.717, 1.165) is 5.69 Å². The molecule has 0 aliphatic rings. The number of pyridine rings is 2. The first kappa shape index (κ1) is 10.9. The van der Waals surface area contributed by atoms with Crippen LogP contribution in [0.2, 0.25) is 0 Å². The Kier molecular flexibility index (Phi) is 3.17. The molecule has 5 heteroatoms. The summed E-state index contributed by atoms with van der Waals surface area (Å²) in [5.41, 5.74) is 7.57. The van der Waals surface area contributed by atoms with Gasteiger partial charge in [-0.15, -0.1) is 0 Å². The molecule has 0 aliphatic carbocycles. The molecule has 0 radical (unpaired) electrons. The van der Waals surface area contributed by atoms with Crippen LogP contribution < -0.4 is 11.1 Å². The third-order valence-corrected chi connectivity index (χ3v) is 2.21. The molecule has 0 atom stereocenters. The molecule has 0 aliphatic heterocycles. The van der Waals surface area contributed by atoms with E-state index in [1.807, 2.05) is 24.3 Å². The van der Waals surface area contributed by atoms with Crippen LogP contribution in [0.1, 0.15) is 11.3 Å². The van der Waals surface area contributed by atoms with Crippen molar-refractivity contribution < 1.29 is 0 Å². The van der Waals surface area contributed by atoms with Crippen LogP contribution in [0.25, 0.3) is 0 Å². The first-order chi connectivity index (χ1) is 8.29. The van der Waals surface area contributed by atoms with Gasteiger partial charge < -0.3 is 11.1 Å². The molecule has 0 bridgehead atoms. The maximum Gasteiger partial charge on any atom is 0.149 e. The number of nitriles is 1. The quantitative estimate of drug-likeness (QED) is 0.827. The summed E-state index contributed by atoms with van der Waals surface area (Å²) >= 11 is 0. The molecule has 0 aromatic carbocycles. The number of nitrogens with two attached hydrogens (primary N) is 1. The van der Waals surface area contributed by atoms with Crippen molar-refractivity contribution in [2.45, 2.75) is 6.54 Å². The minimum atomic E-state index is 0.450. The zero-order valence-electron chi connectivity index (χ0n) is 9.09. The van der Waals surface area contributed by atoms with Crippen molar-refractivity contribution in [1.82, 2.24) is 9.97 Å². The van der Waals surface area contributed by atoms with Gasteiger partial charge in [0, 0.05) is 12.4 Å². The fourth-order valence-electron chi connectivity index (χ4n) is 1.37. The maximum atomic E-state index is 8.68. The van der Waals surface area contributed by atoms with Gasteiger partial charge in [-0.1, -0.05) is 6.07 Å². The molecular formula is C12H11N5. The summed E-state index contributed by atoms with van der Waals surface area (Å²) in [4.78, 5) is 8.25. The summed E-state index contributed by atoms with van der Waals surface area (Å²) in [6.07, 6.45) is 3.21. The van der Waals surface area contributed by atoms with E-state index < -0.39 is 0 Å². The predicted octanol–water partition coefficient (Wildman–Crippen LogP) is 1.54. The Morgan fingerprint density at radius 1 is 1.35 bits per heavy atom. The van der Waals surface area contributed by atoms with E-state index in [2.05, 4.69) is 15.3 Å². The predicted molar refractivity (Wildman–Crippen MR) is 64.9 cm³/mol. The van der Waals surface area contributed by atoms with Gasteiger partial charge in [0.2, 0.25) is 0 Å². The van der Waals surface area contributed by atoms with Gasteiger partial charge in [0.05, 0.1) is 23.5 Å². The molecule has 0 saturated heterocycles. The molecule has 2 aromatic rings. The monoisotopic (exact) mass is 225 g/mol. The normalized spacial score (nSPS) is 9.59. The van der Waals surface area contributed by atoms with Gasteiger partial charge >= 0.3 is 0 Å². The second-order valence-electron chi connectivity index (χ2n) is 3.45. The summed E-state index contributed by atoms with van der Waals surface area (Å²) in [7, 11) is 0. The number of nitrogen functional groups attached to an aromatic ring is 1. The van der Waals surface area contributed by atoms with Gasteiger partial charge in [0.15, 0.2) is 0 Å². The average Bonchev–Trinajstić information content (AvgIpc) is 2.38. The summed E-state index contributed by atoms with van der Waals surface area (Å²) in [5.74, 6) is 0.564. The highest BCUT2D eigenvalue weighted by Gasteiger charge is 2.02. The van der Waals surface area contributed by atoms with Gasteiger partial charge in [-0.2, -0.15) is 5.26 Å². The molecule has 2 heterocycles. The van der Waals surface area contributed by atoms with Crippen molar-refractivity contribution in [2.24, 2.45) is 0 Å². The van der Waals surface area contributed by atoms with Gasteiger partial charge in [-0.05, 0) is 18.2 Å². The van der Waals surface area contributed by atoms with Gasteiger partial charge in [0.1, 0.15) is 11.9 Å². The van der Waals surface area contributed by atoms with Crippen LogP contribution in [0.15, 0.2) is 36.7 Å². The topological polar surface area (TPSA) is 87.6 Å². The van der Waals surface area contributed by atoms with Crippen LogP contribution in [0, 0.1) is 11.3 Å². The Labute approximate surface area is 98.9 Å².